The third-order valence-corrected chi connectivity index (χ3v) is 5.07. The van der Waals surface area contributed by atoms with Crippen LogP contribution < -0.4 is 5.32 Å². The normalized spacial score (nSPS) is 16.0. The molecule has 0 spiro atoms. The molecule has 1 unspecified atom stereocenters. The van der Waals surface area contributed by atoms with Crippen molar-refractivity contribution in [2.75, 3.05) is 13.1 Å². The largest absolute Gasteiger partial charge is 0.351 e. The molecule has 4 rings (SSSR count). The number of hydrogen-bond donors (Lipinski definition) is 1. The molecule has 6 nitrogen and oxygen atoms in total. The van der Waals surface area contributed by atoms with Gasteiger partial charge in [0.25, 0.3) is 0 Å². The van der Waals surface area contributed by atoms with E-state index in [9.17, 15) is 4.79 Å². The van der Waals surface area contributed by atoms with E-state index in [-0.39, 0.29) is 11.9 Å². The number of amides is 1. The van der Waals surface area contributed by atoms with Crippen LogP contribution in [0.2, 0.25) is 0 Å². The molecular weight excluding hydrogens is 326 g/mol. The first-order valence-electron chi connectivity index (χ1n) is 9.12. The number of carbonyl (C=O) groups is 1. The first kappa shape index (κ1) is 16.7. The Labute approximate surface area is 152 Å². The number of fused-ring (bicyclic) bond motifs is 1. The fraction of sp³-hybridized carbons (Fsp3) is 0.350. The summed E-state index contributed by atoms with van der Waals surface area (Å²) in [5.41, 5.74) is 2.90. The van der Waals surface area contributed by atoms with Gasteiger partial charge >= 0.3 is 0 Å². The molecule has 0 aliphatic carbocycles. The van der Waals surface area contributed by atoms with E-state index < -0.39 is 0 Å². The van der Waals surface area contributed by atoms with Crippen molar-refractivity contribution in [3.8, 4) is 5.82 Å². The maximum absolute atomic E-state index is 12.5. The Morgan fingerprint density at radius 1 is 1.15 bits per heavy atom. The maximum Gasteiger partial charge on any atom is 0.237 e. The molecule has 26 heavy (non-hydrogen) atoms. The number of imidazole rings is 1. The smallest absolute Gasteiger partial charge is 0.237 e. The highest BCUT2D eigenvalue weighted by molar-refractivity contribution is 5.81. The number of carbonyl (C=O) groups excluding carboxylic acids is 1. The summed E-state index contributed by atoms with van der Waals surface area (Å²) in [4.78, 5) is 23.7. The number of nitrogens with zero attached hydrogens (tertiary/aromatic N) is 4. The lowest BCUT2D eigenvalue weighted by Crippen LogP contribution is -2.43. The topological polar surface area (TPSA) is 63.1 Å². The Hall–Kier alpha value is -2.73. The third-order valence-electron chi connectivity index (χ3n) is 5.07. The van der Waals surface area contributed by atoms with Crippen LogP contribution in [-0.2, 0) is 11.3 Å². The summed E-state index contributed by atoms with van der Waals surface area (Å²) in [7, 11) is 0. The predicted molar refractivity (Wildman–Crippen MR) is 101 cm³/mol. The molecule has 134 valence electrons. The Morgan fingerprint density at radius 2 is 1.96 bits per heavy atom. The standard InChI is InChI=1S/C20H23N5O/c1-15(24-11-4-5-12-24)20(26)22-13-16-7-6-10-21-19(16)25-14-23-17-8-2-3-9-18(17)25/h2-3,6-10,14-15H,4-5,11-13H2,1H3,(H,22,26). The monoisotopic (exact) mass is 349 g/mol. The summed E-state index contributed by atoms with van der Waals surface area (Å²) in [5.74, 6) is 0.868. The van der Waals surface area contributed by atoms with Gasteiger partial charge in [0.05, 0.1) is 17.1 Å². The van der Waals surface area contributed by atoms with Crippen LogP contribution in [0.15, 0.2) is 48.9 Å². The van der Waals surface area contributed by atoms with E-state index in [1.54, 1.807) is 12.5 Å². The second-order valence-corrected chi connectivity index (χ2v) is 6.73. The molecule has 1 N–H and O–H groups in total. The number of hydrogen-bond acceptors (Lipinski definition) is 4. The average Bonchev–Trinajstić information content (AvgIpc) is 3.35. The SMILES string of the molecule is CC(C(=O)NCc1cccnc1-n1cnc2ccccc21)N1CCCC1. The Bertz CT molecular complexity index is 913. The van der Waals surface area contributed by atoms with Crippen molar-refractivity contribution < 1.29 is 4.79 Å². The minimum Gasteiger partial charge on any atom is -0.351 e. The molecule has 1 saturated heterocycles. The highest BCUT2D eigenvalue weighted by atomic mass is 16.2. The second kappa shape index (κ2) is 7.25. The van der Waals surface area contributed by atoms with Gasteiger partial charge in [-0.3, -0.25) is 14.3 Å². The van der Waals surface area contributed by atoms with Crippen molar-refractivity contribution in [1.82, 2.24) is 24.8 Å². The molecule has 3 heterocycles. The summed E-state index contributed by atoms with van der Waals surface area (Å²) < 4.78 is 1.97. The van der Waals surface area contributed by atoms with Gasteiger partial charge in [0, 0.05) is 18.3 Å². The van der Waals surface area contributed by atoms with E-state index in [4.69, 9.17) is 0 Å². The van der Waals surface area contributed by atoms with E-state index in [0.29, 0.717) is 6.54 Å². The molecule has 1 aliphatic heterocycles. The van der Waals surface area contributed by atoms with Gasteiger partial charge in [0.15, 0.2) is 0 Å². The molecule has 0 radical (unpaired) electrons. The third kappa shape index (κ3) is 3.20. The zero-order chi connectivity index (χ0) is 17.9. The molecule has 1 aliphatic rings. The van der Waals surface area contributed by atoms with Crippen LogP contribution in [0.25, 0.3) is 16.9 Å². The molecular formula is C20H23N5O. The van der Waals surface area contributed by atoms with Gasteiger partial charge in [-0.1, -0.05) is 18.2 Å². The van der Waals surface area contributed by atoms with Gasteiger partial charge in [0.1, 0.15) is 12.1 Å². The van der Waals surface area contributed by atoms with Gasteiger partial charge in [-0.25, -0.2) is 9.97 Å². The highest BCUT2D eigenvalue weighted by Crippen LogP contribution is 2.19. The number of aromatic nitrogens is 3. The van der Waals surface area contributed by atoms with Gasteiger partial charge in [-0.15, -0.1) is 0 Å². The summed E-state index contributed by atoms with van der Waals surface area (Å²) in [6.07, 6.45) is 5.91. The molecule has 1 amide bonds. The quantitative estimate of drug-likeness (QED) is 0.769. The lowest BCUT2D eigenvalue weighted by molar-refractivity contribution is -0.125. The van der Waals surface area contributed by atoms with Gasteiger partial charge in [0.2, 0.25) is 5.91 Å². The number of pyridine rings is 1. The highest BCUT2D eigenvalue weighted by Gasteiger charge is 2.23. The number of rotatable bonds is 5. The maximum atomic E-state index is 12.5. The van der Waals surface area contributed by atoms with Crippen LogP contribution in [0.4, 0.5) is 0 Å². The molecule has 0 bridgehead atoms. The molecule has 2 aromatic heterocycles. The number of para-hydroxylation sites is 2. The fourth-order valence-electron chi connectivity index (χ4n) is 3.54. The molecule has 6 heteroatoms. The summed E-state index contributed by atoms with van der Waals surface area (Å²) in [6.45, 7) is 4.45. The van der Waals surface area contributed by atoms with Crippen molar-refractivity contribution >= 4 is 16.9 Å². The zero-order valence-corrected chi connectivity index (χ0v) is 14.9. The van der Waals surface area contributed by atoms with Crippen LogP contribution in [0, 0.1) is 0 Å². The summed E-state index contributed by atoms with van der Waals surface area (Å²) in [5, 5.41) is 3.07. The van der Waals surface area contributed by atoms with Crippen LogP contribution in [0.1, 0.15) is 25.3 Å². The van der Waals surface area contributed by atoms with Gasteiger partial charge in [-0.05, 0) is 51.1 Å². The Kier molecular flexibility index (Phi) is 4.67. The molecule has 3 aromatic rings. The van der Waals surface area contributed by atoms with E-state index in [1.807, 2.05) is 47.9 Å². The van der Waals surface area contributed by atoms with Gasteiger partial charge < -0.3 is 5.32 Å². The van der Waals surface area contributed by atoms with E-state index >= 15 is 0 Å². The first-order valence-corrected chi connectivity index (χ1v) is 9.12. The summed E-state index contributed by atoms with van der Waals surface area (Å²) in [6, 6.07) is 11.8. The van der Waals surface area contributed by atoms with Crippen molar-refractivity contribution in [2.45, 2.75) is 32.4 Å². The second-order valence-electron chi connectivity index (χ2n) is 6.73. The van der Waals surface area contributed by atoms with E-state index in [0.717, 1.165) is 35.5 Å². The lowest BCUT2D eigenvalue weighted by Gasteiger charge is -2.23. The van der Waals surface area contributed by atoms with Crippen molar-refractivity contribution in [3.63, 3.8) is 0 Å². The first-order chi connectivity index (χ1) is 12.7. The van der Waals surface area contributed by atoms with Crippen molar-refractivity contribution in [2.24, 2.45) is 0 Å². The minimum absolute atomic E-state index is 0.0668. The van der Waals surface area contributed by atoms with Crippen LogP contribution in [0.5, 0.6) is 0 Å². The Balaban J connectivity index is 1.54. The number of likely N-dealkylation sites (tertiary alicyclic amines) is 1. The van der Waals surface area contributed by atoms with Gasteiger partial charge in [-0.2, -0.15) is 0 Å². The van der Waals surface area contributed by atoms with Crippen molar-refractivity contribution in [3.05, 3.63) is 54.5 Å². The average molecular weight is 349 g/mol. The van der Waals surface area contributed by atoms with Crippen molar-refractivity contribution in [1.29, 1.82) is 0 Å². The van der Waals surface area contributed by atoms with E-state index in [2.05, 4.69) is 20.2 Å². The van der Waals surface area contributed by atoms with E-state index in [1.165, 1.54) is 12.8 Å². The minimum atomic E-state index is -0.0910. The summed E-state index contributed by atoms with van der Waals surface area (Å²) >= 11 is 0. The predicted octanol–water partition coefficient (Wildman–Crippen LogP) is 2.52. The molecule has 0 saturated carbocycles. The Morgan fingerprint density at radius 3 is 2.81 bits per heavy atom. The molecule has 1 aromatic carbocycles. The number of benzene rings is 1. The fourth-order valence-corrected chi connectivity index (χ4v) is 3.54. The zero-order valence-electron chi connectivity index (χ0n) is 14.9. The number of nitrogens with one attached hydrogen (secondary N) is 1. The lowest BCUT2D eigenvalue weighted by atomic mass is 10.2. The van der Waals surface area contributed by atoms with Crippen LogP contribution in [0.3, 0.4) is 0 Å². The van der Waals surface area contributed by atoms with Crippen LogP contribution in [-0.4, -0.2) is 44.5 Å². The molecule has 1 atom stereocenters. The van der Waals surface area contributed by atoms with Crippen LogP contribution >= 0.6 is 0 Å². The molecule has 1 fully saturated rings.